The Morgan fingerprint density at radius 2 is 2.19 bits per heavy atom. The Morgan fingerprint density at radius 1 is 1.48 bits per heavy atom. The Bertz CT molecular complexity index is 715. The lowest BCUT2D eigenvalue weighted by Crippen LogP contribution is -2.14. The fraction of sp³-hybridized carbons (Fsp3) is 0.357. The third kappa shape index (κ3) is 3.50. The number of H-pyrrole nitrogens is 1. The lowest BCUT2D eigenvalue weighted by atomic mass is 10.2. The maximum absolute atomic E-state index is 11.5. The first kappa shape index (κ1) is 14.8. The molecule has 2 heterocycles. The normalized spacial score (nSPS) is 10.9. The molecule has 0 unspecified atom stereocenters. The molecule has 3 N–H and O–H groups in total. The number of carboxylic acid groups (broad SMARTS) is 1. The third-order valence-electron chi connectivity index (χ3n) is 2.95. The SMILES string of the molecule is Cc1oc(CNc2cc(=O)[nH]c(C(C)C)n2)cc1C(=O)O. The molecule has 0 bridgehead atoms. The summed E-state index contributed by atoms with van der Waals surface area (Å²) in [7, 11) is 0. The maximum atomic E-state index is 11.5. The molecule has 0 aliphatic carbocycles. The minimum atomic E-state index is -1.03. The summed E-state index contributed by atoms with van der Waals surface area (Å²) in [4.78, 5) is 29.4. The van der Waals surface area contributed by atoms with Gasteiger partial charge < -0.3 is 19.8 Å². The van der Waals surface area contributed by atoms with Gasteiger partial charge >= 0.3 is 5.97 Å². The number of aromatic amines is 1. The van der Waals surface area contributed by atoms with Crippen molar-refractivity contribution in [2.24, 2.45) is 0 Å². The first-order valence-corrected chi connectivity index (χ1v) is 6.54. The average molecular weight is 291 g/mol. The standard InChI is InChI=1S/C14H17N3O4/c1-7(2)13-16-11(5-12(18)17-13)15-6-9-4-10(14(19)20)8(3)21-9/h4-5,7H,6H2,1-3H3,(H,19,20)(H2,15,16,17,18). The Balaban J connectivity index is 2.15. The zero-order valence-corrected chi connectivity index (χ0v) is 12.1. The summed E-state index contributed by atoms with van der Waals surface area (Å²) in [6, 6.07) is 2.81. The monoisotopic (exact) mass is 291 g/mol. The van der Waals surface area contributed by atoms with Gasteiger partial charge in [0, 0.05) is 12.0 Å². The highest BCUT2D eigenvalue weighted by atomic mass is 16.4. The molecule has 2 aromatic rings. The molecule has 21 heavy (non-hydrogen) atoms. The second-order valence-corrected chi connectivity index (χ2v) is 5.01. The molecule has 0 amide bonds. The van der Waals surface area contributed by atoms with Crippen molar-refractivity contribution in [3.8, 4) is 0 Å². The molecule has 0 saturated heterocycles. The summed E-state index contributed by atoms with van der Waals surface area (Å²) in [5.41, 5.74) is -0.105. The van der Waals surface area contributed by atoms with Crippen LogP contribution in [0, 0.1) is 6.92 Å². The van der Waals surface area contributed by atoms with Crippen LogP contribution in [0.1, 0.15) is 47.5 Å². The average Bonchev–Trinajstić information content (AvgIpc) is 2.77. The summed E-state index contributed by atoms with van der Waals surface area (Å²) >= 11 is 0. The van der Waals surface area contributed by atoms with E-state index in [1.165, 1.54) is 12.1 Å². The van der Waals surface area contributed by atoms with Crippen LogP contribution in [-0.4, -0.2) is 21.0 Å². The summed E-state index contributed by atoms with van der Waals surface area (Å²) < 4.78 is 5.35. The van der Waals surface area contributed by atoms with Crippen LogP contribution in [-0.2, 0) is 6.54 Å². The predicted molar refractivity (Wildman–Crippen MR) is 76.7 cm³/mol. The second-order valence-electron chi connectivity index (χ2n) is 5.01. The van der Waals surface area contributed by atoms with Crippen LogP contribution in [0.3, 0.4) is 0 Å². The van der Waals surface area contributed by atoms with E-state index < -0.39 is 5.97 Å². The van der Waals surface area contributed by atoms with Gasteiger partial charge in [-0.2, -0.15) is 0 Å². The maximum Gasteiger partial charge on any atom is 0.339 e. The molecule has 2 rings (SSSR count). The van der Waals surface area contributed by atoms with Crippen molar-refractivity contribution < 1.29 is 14.3 Å². The van der Waals surface area contributed by atoms with Gasteiger partial charge in [-0.05, 0) is 13.0 Å². The van der Waals surface area contributed by atoms with E-state index in [4.69, 9.17) is 9.52 Å². The number of carboxylic acids is 1. The van der Waals surface area contributed by atoms with Crippen LogP contribution in [0.5, 0.6) is 0 Å². The molecule has 0 fully saturated rings. The van der Waals surface area contributed by atoms with Gasteiger partial charge in [0.25, 0.3) is 5.56 Å². The Kier molecular flexibility index (Phi) is 4.11. The first-order valence-electron chi connectivity index (χ1n) is 6.54. The number of hydrogen-bond donors (Lipinski definition) is 3. The van der Waals surface area contributed by atoms with Crippen LogP contribution in [0.2, 0.25) is 0 Å². The number of nitrogens with zero attached hydrogens (tertiary/aromatic N) is 1. The Labute approximate surface area is 121 Å². The highest BCUT2D eigenvalue weighted by Crippen LogP contribution is 2.16. The second kappa shape index (κ2) is 5.82. The Hall–Kier alpha value is -2.57. The Morgan fingerprint density at radius 3 is 2.76 bits per heavy atom. The van der Waals surface area contributed by atoms with E-state index in [0.717, 1.165) is 0 Å². The summed E-state index contributed by atoms with van der Waals surface area (Å²) in [6.07, 6.45) is 0. The molecule has 7 heteroatoms. The molecule has 0 aromatic carbocycles. The van der Waals surface area contributed by atoms with Crippen LogP contribution < -0.4 is 10.9 Å². The molecular formula is C14H17N3O4. The van der Waals surface area contributed by atoms with Gasteiger partial charge in [0.2, 0.25) is 0 Å². The first-order chi connectivity index (χ1) is 9.86. The summed E-state index contributed by atoms with van der Waals surface area (Å²) in [5, 5.41) is 11.9. The van der Waals surface area contributed by atoms with E-state index >= 15 is 0 Å². The van der Waals surface area contributed by atoms with Crippen LogP contribution in [0.4, 0.5) is 5.82 Å². The van der Waals surface area contributed by atoms with Gasteiger partial charge in [0.1, 0.15) is 28.7 Å². The van der Waals surface area contributed by atoms with E-state index in [1.54, 1.807) is 6.92 Å². The molecular weight excluding hydrogens is 274 g/mol. The van der Waals surface area contributed by atoms with Crippen LogP contribution in [0.25, 0.3) is 0 Å². The molecule has 2 aromatic heterocycles. The van der Waals surface area contributed by atoms with Gasteiger partial charge in [0.05, 0.1) is 6.54 Å². The van der Waals surface area contributed by atoms with Crippen molar-refractivity contribution in [2.75, 3.05) is 5.32 Å². The van der Waals surface area contributed by atoms with Gasteiger partial charge in [0.15, 0.2) is 0 Å². The molecule has 0 radical (unpaired) electrons. The third-order valence-corrected chi connectivity index (χ3v) is 2.95. The number of hydrogen-bond acceptors (Lipinski definition) is 5. The smallest absolute Gasteiger partial charge is 0.339 e. The van der Waals surface area contributed by atoms with E-state index in [2.05, 4.69) is 15.3 Å². The largest absolute Gasteiger partial charge is 0.478 e. The number of aryl methyl sites for hydroxylation is 1. The lowest BCUT2D eigenvalue weighted by molar-refractivity contribution is 0.0695. The van der Waals surface area contributed by atoms with E-state index in [0.29, 0.717) is 23.2 Å². The molecule has 0 spiro atoms. The zero-order valence-electron chi connectivity index (χ0n) is 12.1. The van der Waals surface area contributed by atoms with E-state index in [9.17, 15) is 9.59 Å². The number of nitrogens with one attached hydrogen (secondary N) is 2. The lowest BCUT2D eigenvalue weighted by Gasteiger charge is -2.07. The number of aromatic nitrogens is 2. The minimum Gasteiger partial charge on any atom is -0.478 e. The quantitative estimate of drug-likeness (QED) is 0.778. The minimum absolute atomic E-state index is 0.101. The molecule has 0 aliphatic rings. The highest BCUT2D eigenvalue weighted by Gasteiger charge is 2.13. The number of furan rings is 1. The number of anilines is 1. The summed E-state index contributed by atoms with van der Waals surface area (Å²) in [5.74, 6) is 0.905. The van der Waals surface area contributed by atoms with E-state index in [-0.39, 0.29) is 23.6 Å². The molecule has 112 valence electrons. The molecule has 0 saturated carbocycles. The van der Waals surface area contributed by atoms with Crippen molar-refractivity contribution >= 4 is 11.8 Å². The number of carbonyl (C=O) groups is 1. The van der Waals surface area contributed by atoms with Gasteiger partial charge in [-0.15, -0.1) is 0 Å². The van der Waals surface area contributed by atoms with Crippen molar-refractivity contribution in [1.82, 2.24) is 9.97 Å². The fourth-order valence-corrected chi connectivity index (χ4v) is 1.86. The predicted octanol–water partition coefficient (Wildman–Crippen LogP) is 2.11. The molecule has 7 nitrogen and oxygen atoms in total. The topological polar surface area (TPSA) is 108 Å². The fourth-order valence-electron chi connectivity index (χ4n) is 1.86. The van der Waals surface area contributed by atoms with Gasteiger partial charge in [-0.25, -0.2) is 9.78 Å². The van der Waals surface area contributed by atoms with Crippen molar-refractivity contribution in [2.45, 2.75) is 33.2 Å². The van der Waals surface area contributed by atoms with Gasteiger partial charge in [-0.1, -0.05) is 13.8 Å². The van der Waals surface area contributed by atoms with Gasteiger partial charge in [-0.3, -0.25) is 4.79 Å². The van der Waals surface area contributed by atoms with Crippen LogP contribution in [0.15, 0.2) is 21.3 Å². The van der Waals surface area contributed by atoms with Crippen molar-refractivity contribution in [3.63, 3.8) is 0 Å². The molecule has 0 aliphatic heterocycles. The zero-order chi connectivity index (χ0) is 15.6. The summed E-state index contributed by atoms with van der Waals surface area (Å²) in [6.45, 7) is 5.70. The van der Waals surface area contributed by atoms with Crippen molar-refractivity contribution in [1.29, 1.82) is 0 Å². The van der Waals surface area contributed by atoms with E-state index in [1.807, 2.05) is 13.8 Å². The van der Waals surface area contributed by atoms with Crippen molar-refractivity contribution in [3.05, 3.63) is 45.4 Å². The van der Waals surface area contributed by atoms with Crippen LogP contribution >= 0.6 is 0 Å². The molecule has 0 atom stereocenters. The highest BCUT2D eigenvalue weighted by molar-refractivity contribution is 5.88. The number of rotatable bonds is 5. The number of aromatic carboxylic acids is 1.